The minimum absolute atomic E-state index is 0.221. The van der Waals surface area contributed by atoms with Crippen LogP contribution in [-0.4, -0.2) is 41.0 Å². The molecular weight excluding hydrogens is 351 g/mol. The van der Waals surface area contributed by atoms with E-state index >= 15 is 0 Å². The van der Waals surface area contributed by atoms with Crippen molar-refractivity contribution in [3.8, 4) is 0 Å². The highest BCUT2D eigenvalue weighted by Gasteiger charge is 2.31. The molecule has 1 fully saturated rings. The summed E-state index contributed by atoms with van der Waals surface area (Å²) in [6.07, 6.45) is 8.33. The molecule has 3 aliphatic rings. The number of fused-ring (bicyclic) bond motifs is 1. The van der Waals surface area contributed by atoms with Gasteiger partial charge in [-0.2, -0.15) is 5.10 Å². The number of hydrogen-bond acceptors (Lipinski definition) is 4. The molecule has 0 atom stereocenters. The molecule has 3 heterocycles. The van der Waals surface area contributed by atoms with Gasteiger partial charge in [0.05, 0.1) is 5.71 Å². The molecule has 0 unspecified atom stereocenters. The van der Waals surface area contributed by atoms with Crippen molar-refractivity contribution < 1.29 is 4.39 Å². The maximum Gasteiger partial charge on any atom is 0.153 e. The van der Waals surface area contributed by atoms with Crippen molar-refractivity contribution in [2.45, 2.75) is 52.5 Å². The summed E-state index contributed by atoms with van der Waals surface area (Å²) in [6, 6.07) is 7.23. The first-order valence-electron chi connectivity index (χ1n) is 10.4. The molecule has 0 N–H and O–H groups in total. The third kappa shape index (κ3) is 3.81. The molecule has 5 heteroatoms. The van der Waals surface area contributed by atoms with E-state index in [9.17, 15) is 4.39 Å². The van der Waals surface area contributed by atoms with E-state index in [1.54, 1.807) is 0 Å². The smallest absolute Gasteiger partial charge is 0.153 e. The maximum atomic E-state index is 13.4. The molecule has 148 valence electrons. The van der Waals surface area contributed by atoms with Gasteiger partial charge >= 0.3 is 0 Å². The van der Waals surface area contributed by atoms with Crippen LogP contribution in [0.5, 0.6) is 0 Å². The van der Waals surface area contributed by atoms with Crippen LogP contribution in [0, 0.1) is 11.7 Å². The molecule has 1 aromatic carbocycles. The number of hydrogen-bond donors (Lipinski definition) is 0. The fourth-order valence-electron chi connectivity index (χ4n) is 4.22. The van der Waals surface area contributed by atoms with Crippen molar-refractivity contribution in [1.82, 2.24) is 9.91 Å². The standard InChI is InChI=1S/C23H29FN4/c1-16(2)27-13-10-19(11-14-27)22-15-21(18-6-8-20(24)9-7-18)26-23-17(3)5-4-12-25-28(22)23/h6-9,12,15-16,19H,4-5,10-11,13-14H2,1-3H3. The van der Waals surface area contributed by atoms with Crippen molar-refractivity contribution in [3.05, 3.63) is 58.8 Å². The molecule has 1 aromatic rings. The van der Waals surface area contributed by atoms with E-state index in [0.717, 1.165) is 55.9 Å². The van der Waals surface area contributed by atoms with Gasteiger partial charge < -0.3 is 4.90 Å². The topological polar surface area (TPSA) is 31.2 Å². The zero-order valence-electron chi connectivity index (χ0n) is 17.0. The summed E-state index contributed by atoms with van der Waals surface area (Å²) in [4.78, 5) is 7.48. The van der Waals surface area contributed by atoms with Gasteiger partial charge in [0, 0.05) is 29.4 Å². The maximum absolute atomic E-state index is 13.4. The number of rotatable bonds is 3. The van der Waals surface area contributed by atoms with Crippen LogP contribution in [0.25, 0.3) is 0 Å². The third-order valence-electron chi connectivity index (χ3n) is 6.00. The SMILES string of the molecule is CC1=C2N=C(c3ccc(F)cc3)C=C(C3CCN(C(C)C)CC3)N2N=CCC1. The molecule has 0 amide bonds. The summed E-state index contributed by atoms with van der Waals surface area (Å²) >= 11 is 0. The Bertz CT molecular complexity index is 840. The molecule has 0 saturated carbocycles. The zero-order valence-corrected chi connectivity index (χ0v) is 17.0. The molecule has 28 heavy (non-hydrogen) atoms. The first kappa shape index (κ1) is 19.1. The number of benzene rings is 1. The Kier molecular flexibility index (Phi) is 5.44. The van der Waals surface area contributed by atoms with Gasteiger partial charge in [-0.1, -0.05) is 0 Å². The van der Waals surface area contributed by atoms with Gasteiger partial charge in [-0.05, 0) is 95.5 Å². The molecule has 4 nitrogen and oxygen atoms in total. The molecule has 0 bridgehead atoms. The van der Waals surface area contributed by atoms with Crippen LogP contribution in [0.4, 0.5) is 4.39 Å². The van der Waals surface area contributed by atoms with Crippen molar-refractivity contribution in [3.63, 3.8) is 0 Å². The summed E-state index contributed by atoms with van der Waals surface area (Å²) < 4.78 is 13.4. The van der Waals surface area contributed by atoms with Gasteiger partial charge in [-0.15, -0.1) is 0 Å². The molecule has 4 rings (SSSR count). The van der Waals surface area contributed by atoms with E-state index in [1.165, 1.54) is 23.4 Å². The Hall–Kier alpha value is -2.27. The minimum Gasteiger partial charge on any atom is -0.301 e. The second-order valence-electron chi connectivity index (χ2n) is 8.23. The van der Waals surface area contributed by atoms with Crippen molar-refractivity contribution in [2.24, 2.45) is 16.0 Å². The molecule has 1 saturated heterocycles. The molecular formula is C23H29FN4. The molecule has 3 aliphatic heterocycles. The average molecular weight is 381 g/mol. The van der Waals surface area contributed by atoms with Crippen LogP contribution >= 0.6 is 0 Å². The molecule has 0 aliphatic carbocycles. The van der Waals surface area contributed by atoms with E-state index in [2.05, 4.69) is 36.8 Å². The van der Waals surface area contributed by atoms with Crippen molar-refractivity contribution in [1.29, 1.82) is 0 Å². The van der Waals surface area contributed by atoms with Crippen LogP contribution in [0.2, 0.25) is 0 Å². The highest BCUT2D eigenvalue weighted by molar-refractivity contribution is 6.10. The summed E-state index contributed by atoms with van der Waals surface area (Å²) in [5.74, 6) is 1.18. The summed E-state index contributed by atoms with van der Waals surface area (Å²) in [7, 11) is 0. The lowest BCUT2D eigenvalue weighted by atomic mass is 9.90. The Morgan fingerprint density at radius 2 is 1.82 bits per heavy atom. The average Bonchev–Trinajstić information content (AvgIpc) is 2.89. The number of aliphatic imine (C=N–C) groups is 1. The minimum atomic E-state index is -0.221. The second-order valence-corrected chi connectivity index (χ2v) is 8.23. The Morgan fingerprint density at radius 3 is 2.50 bits per heavy atom. The fourth-order valence-corrected chi connectivity index (χ4v) is 4.22. The lowest BCUT2D eigenvalue weighted by molar-refractivity contribution is 0.150. The van der Waals surface area contributed by atoms with Crippen LogP contribution in [0.3, 0.4) is 0 Å². The number of likely N-dealkylation sites (tertiary alicyclic amines) is 1. The fraction of sp³-hybridized carbons (Fsp3) is 0.478. The van der Waals surface area contributed by atoms with E-state index < -0.39 is 0 Å². The summed E-state index contributed by atoms with van der Waals surface area (Å²) in [5.41, 5.74) is 4.34. The highest BCUT2D eigenvalue weighted by Crippen LogP contribution is 2.36. The van der Waals surface area contributed by atoms with Crippen LogP contribution < -0.4 is 0 Å². The van der Waals surface area contributed by atoms with Crippen molar-refractivity contribution in [2.75, 3.05) is 13.1 Å². The van der Waals surface area contributed by atoms with E-state index in [4.69, 9.17) is 10.1 Å². The number of nitrogens with zero attached hydrogens (tertiary/aromatic N) is 4. The van der Waals surface area contributed by atoms with Gasteiger partial charge in [0.25, 0.3) is 0 Å². The van der Waals surface area contributed by atoms with Gasteiger partial charge in [0.2, 0.25) is 0 Å². The highest BCUT2D eigenvalue weighted by atomic mass is 19.1. The van der Waals surface area contributed by atoms with E-state index in [1.807, 2.05) is 18.3 Å². The van der Waals surface area contributed by atoms with Gasteiger partial charge in [-0.25, -0.2) is 14.4 Å². The quantitative estimate of drug-likeness (QED) is 0.743. The van der Waals surface area contributed by atoms with Crippen molar-refractivity contribution >= 4 is 11.9 Å². The Labute approximate surface area is 167 Å². The van der Waals surface area contributed by atoms with Gasteiger partial charge in [-0.3, -0.25) is 0 Å². The summed E-state index contributed by atoms with van der Waals surface area (Å²) in [5, 5.41) is 6.81. The lowest BCUT2D eigenvalue weighted by Crippen LogP contribution is -2.40. The largest absolute Gasteiger partial charge is 0.301 e. The number of allylic oxidation sites excluding steroid dienone is 3. The lowest BCUT2D eigenvalue weighted by Gasteiger charge is -2.38. The van der Waals surface area contributed by atoms with Gasteiger partial charge in [0.1, 0.15) is 5.82 Å². The number of halogens is 1. The first-order valence-corrected chi connectivity index (χ1v) is 10.4. The predicted octanol–water partition coefficient (Wildman–Crippen LogP) is 4.95. The second kappa shape index (κ2) is 8.00. The van der Waals surface area contributed by atoms with E-state index in [-0.39, 0.29) is 5.82 Å². The monoisotopic (exact) mass is 380 g/mol. The molecule has 0 aromatic heterocycles. The van der Waals surface area contributed by atoms with E-state index in [0.29, 0.717) is 12.0 Å². The molecule has 0 radical (unpaired) electrons. The normalized spacial score (nSPS) is 21.5. The van der Waals surface area contributed by atoms with Crippen LogP contribution in [0.15, 0.2) is 57.5 Å². The number of hydrazone groups is 1. The Balaban J connectivity index is 1.71. The third-order valence-corrected chi connectivity index (χ3v) is 6.00. The Morgan fingerprint density at radius 1 is 1.11 bits per heavy atom. The predicted molar refractivity (Wildman–Crippen MR) is 113 cm³/mol. The number of piperidine rings is 1. The summed E-state index contributed by atoms with van der Waals surface area (Å²) in [6.45, 7) is 8.90. The van der Waals surface area contributed by atoms with Crippen LogP contribution in [-0.2, 0) is 0 Å². The molecule has 0 spiro atoms. The van der Waals surface area contributed by atoms with Crippen LogP contribution in [0.1, 0.15) is 52.0 Å². The van der Waals surface area contributed by atoms with Gasteiger partial charge in [0.15, 0.2) is 5.82 Å². The first-order chi connectivity index (χ1) is 13.5. The zero-order chi connectivity index (χ0) is 19.7.